The highest BCUT2D eigenvalue weighted by Gasteiger charge is 2.23. The molecule has 2 aromatic carbocycles. The maximum atomic E-state index is 12.8. The first-order chi connectivity index (χ1) is 12.7. The predicted molar refractivity (Wildman–Crippen MR) is 99.2 cm³/mol. The number of amides is 1. The van der Waals surface area contributed by atoms with Crippen molar-refractivity contribution in [2.75, 3.05) is 13.2 Å². The Balaban J connectivity index is 1.80. The standard InChI is InChI=1S/C21H19NO4/c23-20(22-13-15-9-6-12-25-15)19-18(14-7-2-1-3-8-14)16-10-4-5-11-17(16)21(24)26-19/h1-5,7-8,10-11,15H,6,9,12-13H2,(H,22,23). The number of hydrogen-bond acceptors (Lipinski definition) is 4. The molecule has 5 nitrogen and oxygen atoms in total. The van der Waals surface area contributed by atoms with Crippen molar-refractivity contribution in [3.05, 3.63) is 70.8 Å². The molecule has 0 aliphatic carbocycles. The van der Waals surface area contributed by atoms with E-state index in [2.05, 4.69) is 5.32 Å². The molecule has 5 heteroatoms. The van der Waals surface area contributed by atoms with Crippen molar-refractivity contribution < 1.29 is 13.9 Å². The SMILES string of the molecule is O=C(NCC1CCCO1)c1oc(=O)c2ccccc2c1-c1ccccc1. The van der Waals surface area contributed by atoms with E-state index < -0.39 is 11.5 Å². The highest BCUT2D eigenvalue weighted by atomic mass is 16.5. The van der Waals surface area contributed by atoms with E-state index in [1.165, 1.54) is 0 Å². The number of carbonyl (C=O) groups excluding carboxylic acids is 1. The van der Waals surface area contributed by atoms with Crippen LogP contribution in [0.1, 0.15) is 23.4 Å². The fourth-order valence-electron chi connectivity index (χ4n) is 3.34. The maximum Gasteiger partial charge on any atom is 0.344 e. The summed E-state index contributed by atoms with van der Waals surface area (Å²) >= 11 is 0. The van der Waals surface area contributed by atoms with Crippen LogP contribution in [0.25, 0.3) is 21.9 Å². The number of hydrogen-bond donors (Lipinski definition) is 1. The van der Waals surface area contributed by atoms with Crippen molar-refractivity contribution in [3.8, 4) is 11.1 Å². The van der Waals surface area contributed by atoms with E-state index in [9.17, 15) is 9.59 Å². The van der Waals surface area contributed by atoms with E-state index in [0.717, 1.165) is 25.0 Å². The van der Waals surface area contributed by atoms with Crippen molar-refractivity contribution in [1.29, 1.82) is 0 Å². The van der Waals surface area contributed by atoms with Crippen molar-refractivity contribution in [2.45, 2.75) is 18.9 Å². The summed E-state index contributed by atoms with van der Waals surface area (Å²) in [5.41, 5.74) is 0.947. The molecule has 1 saturated heterocycles. The predicted octanol–water partition coefficient (Wildman–Crippen LogP) is 3.37. The van der Waals surface area contributed by atoms with Gasteiger partial charge in [-0.25, -0.2) is 4.79 Å². The van der Waals surface area contributed by atoms with E-state index >= 15 is 0 Å². The zero-order valence-corrected chi connectivity index (χ0v) is 14.2. The molecule has 1 N–H and O–H groups in total. The molecule has 2 heterocycles. The number of ether oxygens (including phenoxy) is 1. The molecule has 3 aromatic rings. The number of carbonyl (C=O) groups is 1. The molecule has 0 spiro atoms. The summed E-state index contributed by atoms with van der Waals surface area (Å²) in [6.45, 7) is 1.13. The Morgan fingerprint density at radius 3 is 2.50 bits per heavy atom. The van der Waals surface area contributed by atoms with Gasteiger partial charge in [-0.05, 0) is 24.5 Å². The molecule has 1 aliphatic heterocycles. The summed E-state index contributed by atoms with van der Waals surface area (Å²) in [5.74, 6) is -0.361. The Hall–Kier alpha value is -2.92. The van der Waals surface area contributed by atoms with E-state index in [0.29, 0.717) is 22.9 Å². The Bertz CT molecular complexity index is 988. The number of rotatable bonds is 4. The van der Waals surface area contributed by atoms with Crippen LogP contribution in [-0.2, 0) is 4.74 Å². The summed E-state index contributed by atoms with van der Waals surface area (Å²) in [7, 11) is 0. The van der Waals surface area contributed by atoms with Gasteiger partial charge in [0, 0.05) is 24.1 Å². The molecule has 0 bridgehead atoms. The first-order valence-electron chi connectivity index (χ1n) is 8.75. The molecule has 1 aliphatic rings. The van der Waals surface area contributed by atoms with Crippen molar-refractivity contribution in [2.24, 2.45) is 0 Å². The van der Waals surface area contributed by atoms with Crippen molar-refractivity contribution >= 4 is 16.7 Å². The largest absolute Gasteiger partial charge is 0.416 e. The van der Waals surface area contributed by atoms with Gasteiger partial charge in [-0.1, -0.05) is 48.5 Å². The smallest absolute Gasteiger partial charge is 0.344 e. The Morgan fingerprint density at radius 2 is 1.77 bits per heavy atom. The minimum atomic E-state index is -0.512. The van der Waals surface area contributed by atoms with E-state index in [1.54, 1.807) is 12.1 Å². The van der Waals surface area contributed by atoms with Crippen LogP contribution >= 0.6 is 0 Å². The average molecular weight is 349 g/mol. The zero-order valence-electron chi connectivity index (χ0n) is 14.2. The van der Waals surface area contributed by atoms with Gasteiger partial charge < -0.3 is 14.5 Å². The monoisotopic (exact) mass is 349 g/mol. The fraction of sp³-hybridized carbons (Fsp3) is 0.238. The highest BCUT2D eigenvalue weighted by Crippen LogP contribution is 2.30. The fourth-order valence-corrected chi connectivity index (χ4v) is 3.34. The van der Waals surface area contributed by atoms with Gasteiger partial charge in [0.15, 0.2) is 0 Å². The lowest BCUT2D eigenvalue weighted by Crippen LogP contribution is -2.32. The lowest BCUT2D eigenvalue weighted by atomic mass is 9.98. The van der Waals surface area contributed by atoms with E-state index in [-0.39, 0.29) is 11.9 Å². The summed E-state index contributed by atoms with van der Waals surface area (Å²) in [6.07, 6.45) is 1.94. The maximum absolute atomic E-state index is 12.8. The summed E-state index contributed by atoms with van der Waals surface area (Å²) in [4.78, 5) is 25.2. The van der Waals surface area contributed by atoms with Gasteiger partial charge in [0.05, 0.1) is 11.5 Å². The number of nitrogens with one attached hydrogen (secondary N) is 1. The molecular weight excluding hydrogens is 330 g/mol. The van der Waals surface area contributed by atoms with Gasteiger partial charge >= 0.3 is 5.63 Å². The van der Waals surface area contributed by atoms with Crippen LogP contribution in [0.3, 0.4) is 0 Å². The highest BCUT2D eigenvalue weighted by molar-refractivity contribution is 6.07. The molecule has 0 saturated carbocycles. The second-order valence-electron chi connectivity index (χ2n) is 6.35. The van der Waals surface area contributed by atoms with Gasteiger partial charge in [0.1, 0.15) is 0 Å². The van der Waals surface area contributed by atoms with Gasteiger partial charge in [-0.15, -0.1) is 0 Å². The molecule has 26 heavy (non-hydrogen) atoms. The van der Waals surface area contributed by atoms with E-state index in [1.807, 2.05) is 42.5 Å². The van der Waals surface area contributed by atoms with Crippen LogP contribution < -0.4 is 10.9 Å². The van der Waals surface area contributed by atoms with Gasteiger partial charge in [0.2, 0.25) is 5.76 Å². The Kier molecular flexibility index (Phi) is 4.54. The van der Waals surface area contributed by atoms with Crippen LogP contribution in [0.15, 0.2) is 63.8 Å². The van der Waals surface area contributed by atoms with Crippen molar-refractivity contribution in [1.82, 2.24) is 5.32 Å². The number of fused-ring (bicyclic) bond motifs is 1. The number of benzene rings is 2. The molecule has 1 aromatic heterocycles. The molecule has 0 radical (unpaired) electrons. The molecule has 1 amide bonds. The molecule has 1 unspecified atom stereocenters. The Labute approximate surface area is 150 Å². The van der Waals surface area contributed by atoms with Gasteiger partial charge in [-0.3, -0.25) is 4.79 Å². The second-order valence-corrected chi connectivity index (χ2v) is 6.35. The molecular formula is C21H19NO4. The molecule has 1 atom stereocenters. The summed E-state index contributed by atoms with van der Waals surface area (Å²) < 4.78 is 11.0. The van der Waals surface area contributed by atoms with Crippen LogP contribution in [-0.4, -0.2) is 25.2 Å². The topological polar surface area (TPSA) is 68.5 Å². The molecule has 4 rings (SSSR count). The zero-order chi connectivity index (χ0) is 17.9. The summed E-state index contributed by atoms with van der Waals surface area (Å²) in [5, 5.41) is 4.01. The quantitative estimate of drug-likeness (QED) is 0.784. The summed E-state index contributed by atoms with van der Waals surface area (Å²) in [6, 6.07) is 16.7. The van der Waals surface area contributed by atoms with Gasteiger partial charge in [0.25, 0.3) is 5.91 Å². The van der Waals surface area contributed by atoms with Crippen molar-refractivity contribution in [3.63, 3.8) is 0 Å². The van der Waals surface area contributed by atoms with Gasteiger partial charge in [-0.2, -0.15) is 0 Å². The third kappa shape index (κ3) is 3.13. The first kappa shape index (κ1) is 16.5. The average Bonchev–Trinajstić information content (AvgIpc) is 3.20. The van der Waals surface area contributed by atoms with E-state index in [4.69, 9.17) is 9.15 Å². The molecule has 132 valence electrons. The van der Waals surface area contributed by atoms with Crippen LogP contribution in [0.5, 0.6) is 0 Å². The lowest BCUT2D eigenvalue weighted by Gasteiger charge is -2.14. The van der Waals surface area contributed by atoms with Crippen LogP contribution in [0.2, 0.25) is 0 Å². The third-order valence-corrected chi connectivity index (χ3v) is 4.62. The van der Waals surface area contributed by atoms with Crippen LogP contribution in [0.4, 0.5) is 0 Å². The normalized spacial score (nSPS) is 16.7. The lowest BCUT2D eigenvalue weighted by molar-refractivity contribution is 0.0833. The molecule has 1 fully saturated rings. The third-order valence-electron chi connectivity index (χ3n) is 4.62. The van der Waals surface area contributed by atoms with Crippen LogP contribution in [0, 0.1) is 0 Å². The minimum Gasteiger partial charge on any atom is -0.416 e. The Morgan fingerprint density at radius 1 is 1.04 bits per heavy atom. The minimum absolute atomic E-state index is 0.0197. The first-order valence-corrected chi connectivity index (χ1v) is 8.75. The second kappa shape index (κ2) is 7.14.